The summed E-state index contributed by atoms with van der Waals surface area (Å²) in [5.74, 6) is -0.457. The van der Waals surface area contributed by atoms with Gasteiger partial charge in [-0.05, 0) is 30.0 Å². The molecule has 0 aliphatic heterocycles. The number of aryl methyl sites for hydroxylation is 1. The summed E-state index contributed by atoms with van der Waals surface area (Å²) in [7, 11) is -3.64. The number of rotatable bonds is 5. The Kier molecular flexibility index (Phi) is 4.44. The smallest absolute Gasteiger partial charge is 0.250 e. The molecule has 0 spiro atoms. The van der Waals surface area contributed by atoms with E-state index in [0.717, 1.165) is 27.1 Å². The van der Waals surface area contributed by atoms with Crippen molar-refractivity contribution in [2.45, 2.75) is 11.1 Å². The molecule has 0 radical (unpaired) electrons. The fraction of sp³-hybridized carbons (Fsp3) is 0.143. The number of thiophene rings is 1. The Balaban J connectivity index is 1.66. The molecule has 1 aromatic carbocycles. The predicted octanol–water partition coefficient (Wildman–Crippen LogP) is 2.58. The van der Waals surface area contributed by atoms with Crippen LogP contribution in [0.2, 0.25) is 0 Å². The number of sulfonamides is 1. The number of thiazole rings is 1. The minimum atomic E-state index is -3.64. The summed E-state index contributed by atoms with van der Waals surface area (Å²) in [6, 6.07) is 8.93. The van der Waals surface area contributed by atoms with Crippen LogP contribution in [0, 0.1) is 6.92 Å². The van der Waals surface area contributed by atoms with Gasteiger partial charge in [-0.2, -0.15) is 0 Å². The Morgan fingerprint density at radius 2 is 2.09 bits per heavy atom. The molecule has 6 nitrogen and oxygen atoms in total. The van der Waals surface area contributed by atoms with Gasteiger partial charge in [0.15, 0.2) is 5.13 Å². The molecule has 120 valence electrons. The molecule has 0 bridgehead atoms. The van der Waals surface area contributed by atoms with Crippen LogP contribution in [-0.2, 0) is 14.8 Å². The molecule has 0 saturated carbocycles. The third-order valence-electron chi connectivity index (χ3n) is 3.05. The number of anilines is 1. The maximum atomic E-state index is 11.9. The van der Waals surface area contributed by atoms with Crippen LogP contribution in [0.15, 0.2) is 39.9 Å². The summed E-state index contributed by atoms with van der Waals surface area (Å²) in [6.45, 7) is 1.61. The van der Waals surface area contributed by atoms with E-state index in [1.54, 1.807) is 11.4 Å². The summed E-state index contributed by atoms with van der Waals surface area (Å²) < 4.78 is 27.3. The van der Waals surface area contributed by atoms with Crippen molar-refractivity contribution in [1.82, 2.24) is 9.71 Å². The normalized spacial score (nSPS) is 11.7. The van der Waals surface area contributed by atoms with Crippen molar-refractivity contribution in [2.24, 2.45) is 0 Å². The lowest BCUT2D eigenvalue weighted by Crippen LogP contribution is -2.32. The summed E-state index contributed by atoms with van der Waals surface area (Å²) in [6.07, 6.45) is 0. The first-order chi connectivity index (χ1) is 11.0. The fourth-order valence-electron chi connectivity index (χ4n) is 1.95. The predicted molar refractivity (Wildman–Crippen MR) is 92.5 cm³/mol. The van der Waals surface area contributed by atoms with E-state index in [9.17, 15) is 13.2 Å². The van der Waals surface area contributed by atoms with Crippen LogP contribution in [0.25, 0.3) is 10.2 Å². The van der Waals surface area contributed by atoms with E-state index in [4.69, 9.17) is 0 Å². The number of hydrogen-bond acceptors (Lipinski definition) is 6. The number of fused-ring (bicyclic) bond motifs is 1. The van der Waals surface area contributed by atoms with E-state index < -0.39 is 15.9 Å². The third kappa shape index (κ3) is 3.58. The maximum Gasteiger partial charge on any atom is 0.250 e. The fourth-order valence-corrected chi connectivity index (χ4v) is 4.93. The molecule has 2 N–H and O–H groups in total. The molecule has 0 saturated heterocycles. The number of nitrogens with zero attached hydrogens (tertiary/aromatic N) is 1. The number of hydrogen-bond donors (Lipinski definition) is 2. The standard InChI is InChI=1S/C14H13N3O3S3/c1-9-4-2-5-10-13(9)17-14(22-10)16-11(18)8-15-23(19,20)12-6-3-7-21-12/h2-7,15H,8H2,1H3,(H,16,17,18). The Morgan fingerprint density at radius 1 is 1.26 bits per heavy atom. The minimum absolute atomic E-state index is 0.181. The van der Waals surface area contributed by atoms with E-state index in [2.05, 4.69) is 15.0 Å². The van der Waals surface area contributed by atoms with Gasteiger partial charge < -0.3 is 5.32 Å². The zero-order chi connectivity index (χ0) is 16.4. The van der Waals surface area contributed by atoms with Gasteiger partial charge in [-0.3, -0.25) is 4.79 Å². The van der Waals surface area contributed by atoms with Crippen LogP contribution >= 0.6 is 22.7 Å². The molecule has 2 heterocycles. The number of para-hydroxylation sites is 1. The lowest BCUT2D eigenvalue weighted by Gasteiger charge is -2.04. The van der Waals surface area contributed by atoms with Gasteiger partial charge in [-0.1, -0.05) is 29.5 Å². The van der Waals surface area contributed by atoms with Crippen molar-refractivity contribution in [1.29, 1.82) is 0 Å². The number of carbonyl (C=O) groups excluding carboxylic acids is 1. The second-order valence-electron chi connectivity index (χ2n) is 4.75. The highest BCUT2D eigenvalue weighted by atomic mass is 32.2. The number of aromatic nitrogens is 1. The van der Waals surface area contributed by atoms with Crippen molar-refractivity contribution in [3.63, 3.8) is 0 Å². The molecule has 0 fully saturated rings. The molecule has 1 amide bonds. The SMILES string of the molecule is Cc1cccc2sc(NC(=O)CNS(=O)(=O)c3cccs3)nc12. The third-order valence-corrected chi connectivity index (χ3v) is 6.78. The molecule has 2 aromatic heterocycles. The summed E-state index contributed by atoms with van der Waals surface area (Å²) in [4.78, 5) is 16.3. The molecule has 0 aliphatic carbocycles. The van der Waals surface area contributed by atoms with Gasteiger partial charge in [0.25, 0.3) is 10.0 Å². The van der Waals surface area contributed by atoms with E-state index in [1.165, 1.54) is 17.4 Å². The largest absolute Gasteiger partial charge is 0.301 e. The molecular formula is C14H13N3O3S3. The number of carbonyl (C=O) groups is 1. The van der Waals surface area contributed by atoms with Crippen molar-refractivity contribution < 1.29 is 13.2 Å². The lowest BCUT2D eigenvalue weighted by atomic mass is 10.2. The first kappa shape index (κ1) is 16.1. The Labute approximate surface area is 141 Å². The molecule has 0 aliphatic rings. The number of nitrogens with one attached hydrogen (secondary N) is 2. The zero-order valence-corrected chi connectivity index (χ0v) is 14.5. The first-order valence-corrected chi connectivity index (χ1v) is 9.83. The van der Waals surface area contributed by atoms with Crippen molar-refractivity contribution in [3.05, 3.63) is 41.3 Å². The topological polar surface area (TPSA) is 88.2 Å². The van der Waals surface area contributed by atoms with E-state index in [0.29, 0.717) is 5.13 Å². The van der Waals surface area contributed by atoms with Gasteiger partial charge in [0.2, 0.25) is 5.91 Å². The molecule has 3 rings (SSSR count). The average molecular weight is 367 g/mol. The molecular weight excluding hydrogens is 354 g/mol. The van der Waals surface area contributed by atoms with Gasteiger partial charge in [0.1, 0.15) is 4.21 Å². The van der Waals surface area contributed by atoms with Crippen molar-refractivity contribution in [3.8, 4) is 0 Å². The highest BCUT2D eigenvalue weighted by Gasteiger charge is 2.17. The average Bonchev–Trinajstić information content (AvgIpc) is 3.15. The van der Waals surface area contributed by atoms with Gasteiger partial charge in [0, 0.05) is 0 Å². The van der Waals surface area contributed by atoms with Crippen LogP contribution in [0.4, 0.5) is 5.13 Å². The minimum Gasteiger partial charge on any atom is -0.301 e. The van der Waals surface area contributed by atoms with E-state index >= 15 is 0 Å². The summed E-state index contributed by atoms with van der Waals surface area (Å²) >= 11 is 2.45. The number of amides is 1. The van der Waals surface area contributed by atoms with E-state index in [-0.39, 0.29) is 10.8 Å². The monoisotopic (exact) mass is 367 g/mol. The van der Waals surface area contributed by atoms with Crippen molar-refractivity contribution >= 4 is 54.0 Å². The number of benzene rings is 1. The van der Waals surface area contributed by atoms with Crippen LogP contribution in [0.5, 0.6) is 0 Å². The highest BCUT2D eigenvalue weighted by Crippen LogP contribution is 2.27. The summed E-state index contributed by atoms with van der Waals surface area (Å²) in [5, 5.41) is 4.74. The zero-order valence-electron chi connectivity index (χ0n) is 12.1. The molecule has 3 aromatic rings. The van der Waals surface area contributed by atoms with Gasteiger partial charge in [0.05, 0.1) is 16.8 Å². The lowest BCUT2D eigenvalue weighted by molar-refractivity contribution is -0.115. The Morgan fingerprint density at radius 3 is 2.78 bits per heavy atom. The van der Waals surface area contributed by atoms with Crippen LogP contribution in [0.1, 0.15) is 5.56 Å². The summed E-state index contributed by atoms with van der Waals surface area (Å²) in [5.41, 5.74) is 1.87. The molecule has 9 heteroatoms. The molecule has 0 atom stereocenters. The maximum absolute atomic E-state index is 11.9. The first-order valence-electron chi connectivity index (χ1n) is 6.65. The van der Waals surface area contributed by atoms with Gasteiger partial charge >= 0.3 is 0 Å². The van der Waals surface area contributed by atoms with Crippen LogP contribution < -0.4 is 10.0 Å². The van der Waals surface area contributed by atoms with Crippen molar-refractivity contribution in [2.75, 3.05) is 11.9 Å². The van der Waals surface area contributed by atoms with Gasteiger partial charge in [-0.25, -0.2) is 18.1 Å². The van der Waals surface area contributed by atoms with Crippen LogP contribution in [0.3, 0.4) is 0 Å². The van der Waals surface area contributed by atoms with E-state index in [1.807, 2.05) is 25.1 Å². The molecule has 0 unspecified atom stereocenters. The quantitative estimate of drug-likeness (QED) is 0.725. The van der Waals surface area contributed by atoms with Gasteiger partial charge in [-0.15, -0.1) is 11.3 Å². The highest BCUT2D eigenvalue weighted by molar-refractivity contribution is 7.91. The molecule has 23 heavy (non-hydrogen) atoms. The van der Waals surface area contributed by atoms with Crippen LogP contribution in [-0.4, -0.2) is 25.9 Å². The second-order valence-corrected chi connectivity index (χ2v) is 8.72. The Hall–Kier alpha value is -1.81. The Bertz CT molecular complexity index is 946. The second kappa shape index (κ2) is 6.36.